The van der Waals surface area contributed by atoms with Crippen LogP contribution in [0.2, 0.25) is 0 Å². The molecule has 5 nitrogen and oxygen atoms in total. The smallest absolute Gasteiger partial charge is 0.237 e. The number of carbonyl (C=O) groups is 2. The number of aryl methyl sites for hydroxylation is 3. The third kappa shape index (κ3) is 7.35. The third-order valence-electron chi connectivity index (χ3n) is 4.14. The maximum atomic E-state index is 12.1. The van der Waals surface area contributed by atoms with E-state index in [1.54, 1.807) is 0 Å². The molecular weight excluding hydrogens is 360 g/mol. The van der Waals surface area contributed by atoms with Crippen LogP contribution in [0.15, 0.2) is 48.5 Å². The molecular formula is C21H26N2O3S. The molecule has 0 spiro atoms. The first kappa shape index (κ1) is 20.8. The van der Waals surface area contributed by atoms with Crippen LogP contribution < -0.4 is 10.6 Å². The van der Waals surface area contributed by atoms with Crippen LogP contribution in [0.4, 0.5) is 5.69 Å². The van der Waals surface area contributed by atoms with Crippen LogP contribution in [0.25, 0.3) is 0 Å². The molecule has 0 radical (unpaired) electrons. The summed E-state index contributed by atoms with van der Waals surface area (Å²) < 4.78 is 12.1. The van der Waals surface area contributed by atoms with Gasteiger partial charge in [0.2, 0.25) is 11.8 Å². The molecule has 0 saturated heterocycles. The summed E-state index contributed by atoms with van der Waals surface area (Å²) in [5.74, 6) is -0.986. The van der Waals surface area contributed by atoms with E-state index in [2.05, 4.69) is 10.6 Å². The van der Waals surface area contributed by atoms with E-state index in [0.29, 0.717) is 6.54 Å². The van der Waals surface area contributed by atoms with E-state index in [1.807, 2.05) is 62.4 Å². The molecule has 0 bridgehead atoms. The zero-order chi connectivity index (χ0) is 19.6. The predicted molar refractivity (Wildman–Crippen MR) is 110 cm³/mol. The normalized spacial score (nSPS) is 11.6. The number of carbonyl (C=O) groups excluding carboxylic acids is 2. The van der Waals surface area contributed by atoms with Crippen molar-refractivity contribution in [2.24, 2.45) is 0 Å². The molecule has 6 heteroatoms. The minimum Gasteiger partial charge on any atom is -0.355 e. The average Bonchev–Trinajstić information content (AvgIpc) is 2.63. The highest BCUT2D eigenvalue weighted by atomic mass is 32.2. The fourth-order valence-electron chi connectivity index (χ4n) is 2.75. The van der Waals surface area contributed by atoms with Crippen LogP contribution >= 0.6 is 0 Å². The Morgan fingerprint density at radius 1 is 0.889 bits per heavy atom. The van der Waals surface area contributed by atoms with Crippen molar-refractivity contribution in [2.45, 2.75) is 26.7 Å². The van der Waals surface area contributed by atoms with Gasteiger partial charge in [0.25, 0.3) is 0 Å². The molecule has 0 heterocycles. The summed E-state index contributed by atoms with van der Waals surface area (Å²) in [5.41, 5.74) is 3.86. The summed E-state index contributed by atoms with van der Waals surface area (Å²) in [4.78, 5) is 24.0. The van der Waals surface area contributed by atoms with Crippen LogP contribution in [0, 0.1) is 13.8 Å². The maximum absolute atomic E-state index is 12.1. The molecule has 1 atom stereocenters. The van der Waals surface area contributed by atoms with Gasteiger partial charge < -0.3 is 10.6 Å². The standard InChI is InChI=1S/C21H26N2O3S/c1-16-8-6-9-17(2)21(16)23-20(25)15-27(26)14-19(24)22-13-7-12-18-10-4-3-5-11-18/h3-6,8-11H,7,12-15H2,1-2H3,(H,22,24)(H,23,25)/t27-/m0/s1. The van der Waals surface area contributed by atoms with Crippen molar-refractivity contribution in [3.8, 4) is 0 Å². The van der Waals surface area contributed by atoms with Crippen LogP contribution in [0.3, 0.4) is 0 Å². The Bertz CT molecular complexity index is 786. The van der Waals surface area contributed by atoms with Gasteiger partial charge in [0.05, 0.1) is 0 Å². The minimum atomic E-state index is -1.53. The Kier molecular flexibility index (Phi) is 8.20. The lowest BCUT2D eigenvalue weighted by atomic mass is 10.1. The second-order valence-corrected chi connectivity index (χ2v) is 7.94. The zero-order valence-corrected chi connectivity index (χ0v) is 16.6. The molecule has 0 aliphatic rings. The molecule has 2 aromatic rings. The van der Waals surface area contributed by atoms with Gasteiger partial charge in [0.15, 0.2) is 0 Å². The van der Waals surface area contributed by atoms with Crippen molar-refractivity contribution >= 4 is 28.3 Å². The number of nitrogens with one attached hydrogen (secondary N) is 2. The summed E-state index contributed by atoms with van der Waals surface area (Å²) >= 11 is 0. The lowest BCUT2D eigenvalue weighted by Crippen LogP contribution is -2.32. The maximum Gasteiger partial charge on any atom is 0.237 e. The molecule has 0 unspecified atom stereocenters. The predicted octanol–water partition coefficient (Wildman–Crippen LogP) is 2.74. The van der Waals surface area contributed by atoms with Gasteiger partial charge in [-0.2, -0.15) is 0 Å². The Hall–Kier alpha value is -2.47. The van der Waals surface area contributed by atoms with Gasteiger partial charge in [-0.1, -0.05) is 48.5 Å². The molecule has 0 aliphatic heterocycles. The number of rotatable bonds is 9. The summed E-state index contributed by atoms with van der Waals surface area (Å²) in [6.45, 7) is 4.34. The fourth-order valence-corrected chi connectivity index (χ4v) is 3.61. The number of anilines is 1. The molecule has 0 aliphatic carbocycles. The van der Waals surface area contributed by atoms with Gasteiger partial charge in [-0.05, 0) is 43.4 Å². The summed E-state index contributed by atoms with van der Waals surface area (Å²) in [7, 11) is -1.53. The molecule has 2 rings (SSSR count). The average molecular weight is 387 g/mol. The van der Waals surface area contributed by atoms with Gasteiger partial charge in [-0.15, -0.1) is 0 Å². The van der Waals surface area contributed by atoms with E-state index in [-0.39, 0.29) is 23.3 Å². The van der Waals surface area contributed by atoms with Crippen molar-refractivity contribution in [3.05, 3.63) is 65.2 Å². The first-order valence-electron chi connectivity index (χ1n) is 8.97. The Morgan fingerprint density at radius 3 is 2.19 bits per heavy atom. The molecule has 0 saturated carbocycles. The molecule has 2 N–H and O–H groups in total. The van der Waals surface area contributed by atoms with Gasteiger partial charge in [-0.3, -0.25) is 13.8 Å². The number of hydrogen-bond donors (Lipinski definition) is 2. The second kappa shape index (κ2) is 10.6. The number of para-hydroxylation sites is 1. The SMILES string of the molecule is Cc1cccc(C)c1NC(=O)C[S@@](=O)CC(=O)NCCCc1ccccc1. The highest BCUT2D eigenvalue weighted by molar-refractivity contribution is 7.86. The topological polar surface area (TPSA) is 75.3 Å². The van der Waals surface area contributed by atoms with E-state index in [9.17, 15) is 13.8 Å². The highest BCUT2D eigenvalue weighted by Gasteiger charge is 2.14. The quantitative estimate of drug-likeness (QED) is 0.651. The van der Waals surface area contributed by atoms with Crippen LogP contribution in [0.1, 0.15) is 23.1 Å². The van der Waals surface area contributed by atoms with Crippen molar-refractivity contribution in [2.75, 3.05) is 23.4 Å². The Balaban J connectivity index is 1.68. The lowest BCUT2D eigenvalue weighted by molar-refractivity contribution is -0.118. The molecule has 27 heavy (non-hydrogen) atoms. The summed E-state index contributed by atoms with van der Waals surface area (Å²) in [5, 5.41) is 5.55. The van der Waals surface area contributed by atoms with Crippen LogP contribution in [-0.4, -0.2) is 34.1 Å². The van der Waals surface area contributed by atoms with Crippen molar-refractivity contribution < 1.29 is 13.8 Å². The molecule has 144 valence electrons. The summed E-state index contributed by atoms with van der Waals surface area (Å²) in [6, 6.07) is 15.8. The largest absolute Gasteiger partial charge is 0.355 e. The van der Waals surface area contributed by atoms with Gasteiger partial charge in [-0.25, -0.2) is 0 Å². The zero-order valence-electron chi connectivity index (χ0n) is 15.8. The number of amides is 2. The van der Waals surface area contributed by atoms with Gasteiger partial charge in [0, 0.05) is 23.0 Å². The van der Waals surface area contributed by atoms with Crippen molar-refractivity contribution in [1.82, 2.24) is 5.32 Å². The molecule has 2 amide bonds. The first-order valence-corrected chi connectivity index (χ1v) is 10.5. The number of hydrogen-bond acceptors (Lipinski definition) is 3. The first-order chi connectivity index (χ1) is 13.0. The van der Waals surface area contributed by atoms with E-state index in [4.69, 9.17) is 0 Å². The van der Waals surface area contributed by atoms with Crippen molar-refractivity contribution in [3.63, 3.8) is 0 Å². The Morgan fingerprint density at radius 2 is 1.52 bits per heavy atom. The van der Waals surface area contributed by atoms with Crippen LogP contribution in [0.5, 0.6) is 0 Å². The van der Waals surface area contributed by atoms with Crippen LogP contribution in [-0.2, 0) is 26.8 Å². The Labute approximate surface area is 163 Å². The summed E-state index contributed by atoms with van der Waals surface area (Å²) in [6.07, 6.45) is 1.69. The van der Waals surface area contributed by atoms with Gasteiger partial charge in [0.1, 0.15) is 11.5 Å². The third-order valence-corrected chi connectivity index (χ3v) is 5.31. The van der Waals surface area contributed by atoms with E-state index in [1.165, 1.54) is 5.56 Å². The molecule has 0 aromatic heterocycles. The van der Waals surface area contributed by atoms with Crippen molar-refractivity contribution in [1.29, 1.82) is 0 Å². The minimum absolute atomic E-state index is 0.161. The van der Waals surface area contributed by atoms with E-state index >= 15 is 0 Å². The van der Waals surface area contributed by atoms with Gasteiger partial charge >= 0.3 is 0 Å². The number of benzene rings is 2. The fraction of sp³-hybridized carbons (Fsp3) is 0.333. The second-order valence-electron chi connectivity index (χ2n) is 6.48. The molecule has 0 fully saturated rings. The van der Waals surface area contributed by atoms with E-state index in [0.717, 1.165) is 29.7 Å². The molecule has 2 aromatic carbocycles. The highest BCUT2D eigenvalue weighted by Crippen LogP contribution is 2.19. The monoisotopic (exact) mass is 386 g/mol. The lowest BCUT2D eigenvalue weighted by Gasteiger charge is -2.11. The van der Waals surface area contributed by atoms with E-state index < -0.39 is 10.8 Å².